The SMILES string of the molecule is Cc1nc(N)nc2c1C(=O)CC(C1=CCCC=C1Nc1ccccc1)C2. The van der Waals surface area contributed by atoms with Gasteiger partial charge in [-0.05, 0) is 49.8 Å². The van der Waals surface area contributed by atoms with E-state index in [0.29, 0.717) is 24.1 Å². The third-order valence-corrected chi connectivity index (χ3v) is 5.02. The Hall–Kier alpha value is -2.95. The van der Waals surface area contributed by atoms with Crippen LogP contribution in [0.3, 0.4) is 0 Å². The molecule has 2 aliphatic rings. The van der Waals surface area contributed by atoms with Crippen molar-refractivity contribution in [2.45, 2.75) is 32.6 Å². The summed E-state index contributed by atoms with van der Waals surface area (Å²) < 4.78 is 0. The monoisotopic (exact) mass is 346 g/mol. The first kappa shape index (κ1) is 16.5. The van der Waals surface area contributed by atoms with Crippen molar-refractivity contribution < 1.29 is 4.79 Å². The van der Waals surface area contributed by atoms with Gasteiger partial charge in [-0.3, -0.25) is 4.79 Å². The molecule has 1 heterocycles. The molecule has 0 spiro atoms. The maximum absolute atomic E-state index is 12.7. The highest BCUT2D eigenvalue weighted by molar-refractivity contribution is 5.99. The number of para-hydroxylation sites is 1. The third kappa shape index (κ3) is 3.12. The summed E-state index contributed by atoms with van der Waals surface area (Å²) in [7, 11) is 0. The fourth-order valence-corrected chi connectivity index (χ4v) is 3.90. The fourth-order valence-electron chi connectivity index (χ4n) is 3.90. The van der Waals surface area contributed by atoms with Gasteiger partial charge in [0, 0.05) is 17.8 Å². The Bertz CT molecular complexity index is 915. The van der Waals surface area contributed by atoms with E-state index in [1.54, 1.807) is 0 Å². The number of benzene rings is 1. The molecule has 1 aromatic carbocycles. The number of aryl methyl sites for hydroxylation is 1. The summed E-state index contributed by atoms with van der Waals surface area (Å²) in [6, 6.07) is 10.1. The minimum atomic E-state index is 0.110. The van der Waals surface area contributed by atoms with Crippen molar-refractivity contribution >= 4 is 17.4 Å². The lowest BCUT2D eigenvalue weighted by molar-refractivity contribution is 0.0954. The van der Waals surface area contributed by atoms with Gasteiger partial charge in [0.15, 0.2) is 5.78 Å². The van der Waals surface area contributed by atoms with Gasteiger partial charge in [-0.15, -0.1) is 0 Å². The number of carbonyl (C=O) groups excluding carboxylic acids is 1. The predicted octanol–water partition coefficient (Wildman–Crippen LogP) is 3.83. The van der Waals surface area contributed by atoms with Crippen molar-refractivity contribution in [1.82, 2.24) is 9.97 Å². The summed E-state index contributed by atoms with van der Waals surface area (Å²) in [5.41, 5.74) is 11.3. The number of anilines is 2. The average Bonchev–Trinajstić information content (AvgIpc) is 2.62. The molecule has 5 nitrogen and oxygen atoms in total. The van der Waals surface area contributed by atoms with E-state index >= 15 is 0 Å². The van der Waals surface area contributed by atoms with Gasteiger partial charge in [-0.2, -0.15) is 0 Å². The van der Waals surface area contributed by atoms with Crippen molar-refractivity contribution in [2.24, 2.45) is 5.92 Å². The van der Waals surface area contributed by atoms with Crippen LogP contribution in [0.1, 0.15) is 41.0 Å². The molecule has 0 saturated heterocycles. The van der Waals surface area contributed by atoms with E-state index in [1.807, 2.05) is 37.3 Å². The Kier molecular flexibility index (Phi) is 4.29. The van der Waals surface area contributed by atoms with Crippen molar-refractivity contribution in [3.05, 3.63) is 70.7 Å². The molecule has 4 rings (SSSR count). The number of hydrogen-bond donors (Lipinski definition) is 2. The van der Waals surface area contributed by atoms with Gasteiger partial charge in [0.25, 0.3) is 0 Å². The number of allylic oxidation sites excluding steroid dienone is 3. The van der Waals surface area contributed by atoms with Gasteiger partial charge in [0.05, 0.1) is 17.0 Å². The van der Waals surface area contributed by atoms with Crippen LogP contribution in [0, 0.1) is 12.8 Å². The maximum atomic E-state index is 12.7. The number of aromatic nitrogens is 2. The van der Waals surface area contributed by atoms with E-state index in [0.717, 1.165) is 29.9 Å². The van der Waals surface area contributed by atoms with Crippen LogP contribution < -0.4 is 11.1 Å². The number of carbonyl (C=O) groups is 1. The molecule has 2 aliphatic carbocycles. The summed E-state index contributed by atoms with van der Waals surface area (Å²) in [6.45, 7) is 1.83. The molecule has 3 N–H and O–H groups in total. The Morgan fingerprint density at radius 2 is 1.85 bits per heavy atom. The van der Waals surface area contributed by atoms with Crippen molar-refractivity contribution in [1.29, 1.82) is 0 Å². The Morgan fingerprint density at radius 3 is 2.65 bits per heavy atom. The zero-order valence-corrected chi connectivity index (χ0v) is 14.8. The number of fused-ring (bicyclic) bond motifs is 1. The lowest BCUT2D eigenvalue weighted by Gasteiger charge is -2.29. The summed E-state index contributed by atoms with van der Waals surface area (Å²) >= 11 is 0. The van der Waals surface area contributed by atoms with Crippen LogP contribution in [0.4, 0.5) is 11.6 Å². The van der Waals surface area contributed by atoms with Crippen LogP contribution in [-0.2, 0) is 6.42 Å². The molecule has 5 heteroatoms. The summed E-state index contributed by atoms with van der Waals surface area (Å²) in [5, 5.41) is 3.51. The van der Waals surface area contributed by atoms with E-state index in [9.17, 15) is 4.79 Å². The highest BCUT2D eigenvalue weighted by atomic mass is 16.1. The molecule has 26 heavy (non-hydrogen) atoms. The van der Waals surface area contributed by atoms with Crippen molar-refractivity contribution in [2.75, 3.05) is 11.1 Å². The Labute approximate surface area is 153 Å². The van der Waals surface area contributed by atoms with Gasteiger partial charge in [-0.1, -0.05) is 30.4 Å². The topological polar surface area (TPSA) is 80.9 Å². The first-order valence-corrected chi connectivity index (χ1v) is 9.00. The highest BCUT2D eigenvalue weighted by Gasteiger charge is 2.32. The third-order valence-electron chi connectivity index (χ3n) is 5.02. The largest absolute Gasteiger partial charge is 0.368 e. The quantitative estimate of drug-likeness (QED) is 0.883. The lowest BCUT2D eigenvalue weighted by atomic mass is 9.78. The number of Topliss-reactive ketones (excluding diaryl/α,β-unsaturated/α-hetero) is 1. The second kappa shape index (κ2) is 6.75. The molecule has 0 saturated carbocycles. The number of nitrogen functional groups attached to an aromatic ring is 1. The predicted molar refractivity (Wildman–Crippen MR) is 103 cm³/mol. The van der Waals surface area contributed by atoms with Crippen LogP contribution in [0.15, 0.2) is 53.8 Å². The minimum Gasteiger partial charge on any atom is -0.368 e. The molecule has 1 aromatic heterocycles. The molecule has 2 aromatic rings. The van der Waals surface area contributed by atoms with E-state index in [4.69, 9.17) is 5.73 Å². The van der Waals surface area contributed by atoms with E-state index < -0.39 is 0 Å². The normalized spacial score (nSPS) is 19.4. The minimum absolute atomic E-state index is 0.110. The molecule has 1 atom stereocenters. The van der Waals surface area contributed by atoms with Crippen molar-refractivity contribution in [3.63, 3.8) is 0 Å². The van der Waals surface area contributed by atoms with Gasteiger partial charge in [-0.25, -0.2) is 9.97 Å². The van der Waals surface area contributed by atoms with E-state index in [-0.39, 0.29) is 17.6 Å². The van der Waals surface area contributed by atoms with Crippen LogP contribution >= 0.6 is 0 Å². The first-order valence-electron chi connectivity index (χ1n) is 9.00. The second-order valence-electron chi connectivity index (χ2n) is 6.86. The Balaban J connectivity index is 1.63. The molecule has 0 fully saturated rings. The average molecular weight is 346 g/mol. The van der Waals surface area contributed by atoms with Crippen LogP contribution in [0.2, 0.25) is 0 Å². The van der Waals surface area contributed by atoms with Gasteiger partial charge in [0.1, 0.15) is 0 Å². The Morgan fingerprint density at radius 1 is 1.08 bits per heavy atom. The zero-order valence-electron chi connectivity index (χ0n) is 14.8. The first-order chi connectivity index (χ1) is 12.6. The van der Waals surface area contributed by atoms with Crippen LogP contribution in [0.25, 0.3) is 0 Å². The van der Waals surface area contributed by atoms with Gasteiger partial charge < -0.3 is 11.1 Å². The molecule has 1 unspecified atom stereocenters. The smallest absolute Gasteiger partial charge is 0.220 e. The summed E-state index contributed by atoms with van der Waals surface area (Å²) in [4.78, 5) is 21.3. The van der Waals surface area contributed by atoms with E-state index in [1.165, 1.54) is 5.57 Å². The number of nitrogens with two attached hydrogens (primary N) is 1. The van der Waals surface area contributed by atoms with Gasteiger partial charge >= 0.3 is 0 Å². The number of hydrogen-bond acceptors (Lipinski definition) is 5. The molecule has 132 valence electrons. The standard InChI is InChI=1S/C21H22N4O/c1-13-20-18(25-21(22)23-13)11-14(12-19(20)26)16-9-5-6-10-17(16)24-15-7-3-2-4-8-15/h2-4,7-10,14,24H,5-6,11-12H2,1H3,(H2,22,23,25). The highest BCUT2D eigenvalue weighted by Crippen LogP contribution is 2.36. The zero-order chi connectivity index (χ0) is 18.1. The van der Waals surface area contributed by atoms with Crippen LogP contribution in [-0.4, -0.2) is 15.8 Å². The van der Waals surface area contributed by atoms with E-state index in [2.05, 4.69) is 27.4 Å². The number of rotatable bonds is 3. The lowest BCUT2D eigenvalue weighted by Crippen LogP contribution is -2.27. The number of ketones is 1. The summed E-state index contributed by atoms with van der Waals surface area (Å²) in [5.74, 6) is 0.469. The van der Waals surface area contributed by atoms with Crippen molar-refractivity contribution in [3.8, 4) is 0 Å². The number of nitrogens with one attached hydrogen (secondary N) is 1. The molecule has 0 radical (unpaired) electrons. The molecular formula is C21H22N4O. The fraction of sp³-hybridized carbons (Fsp3) is 0.286. The molecular weight excluding hydrogens is 324 g/mol. The van der Waals surface area contributed by atoms with Crippen LogP contribution in [0.5, 0.6) is 0 Å². The summed E-state index contributed by atoms with van der Waals surface area (Å²) in [6.07, 6.45) is 7.69. The second-order valence-corrected chi connectivity index (χ2v) is 6.86. The van der Waals surface area contributed by atoms with Gasteiger partial charge in [0.2, 0.25) is 5.95 Å². The molecule has 0 amide bonds. The molecule has 0 bridgehead atoms. The maximum Gasteiger partial charge on any atom is 0.220 e. The molecule has 0 aliphatic heterocycles. The number of nitrogens with zero attached hydrogens (tertiary/aromatic N) is 2.